The maximum atomic E-state index is 13.5. The van der Waals surface area contributed by atoms with Crippen molar-refractivity contribution in [1.82, 2.24) is 0 Å². The molecule has 7 nitrogen and oxygen atoms in total. The van der Waals surface area contributed by atoms with Gasteiger partial charge in [-0.05, 0) is 72.3 Å². The van der Waals surface area contributed by atoms with E-state index in [0.717, 1.165) is 9.87 Å². The summed E-state index contributed by atoms with van der Waals surface area (Å²) in [5.74, 6) is 0.640. The maximum Gasteiger partial charge on any atom is 0.264 e. The molecule has 0 fully saturated rings. The number of hydrogen-bond acceptors (Lipinski definition) is 5. The van der Waals surface area contributed by atoms with E-state index in [0.29, 0.717) is 28.8 Å². The highest BCUT2D eigenvalue weighted by molar-refractivity contribution is 7.92. The molecular formula is C28H25ClN2O5S. The number of carbonyl (C=O) groups excluding carboxylic acids is 1. The van der Waals surface area contributed by atoms with Gasteiger partial charge in [0.05, 0.1) is 17.7 Å². The first-order valence-electron chi connectivity index (χ1n) is 11.3. The van der Waals surface area contributed by atoms with Gasteiger partial charge in [-0.2, -0.15) is 0 Å². The molecule has 0 saturated carbocycles. The fourth-order valence-corrected chi connectivity index (χ4v) is 5.12. The first kappa shape index (κ1) is 26.1. The Morgan fingerprint density at radius 3 is 2.19 bits per heavy atom. The van der Waals surface area contributed by atoms with E-state index in [2.05, 4.69) is 5.32 Å². The number of rotatable bonds is 10. The highest BCUT2D eigenvalue weighted by atomic mass is 35.5. The molecule has 0 radical (unpaired) electrons. The van der Waals surface area contributed by atoms with Crippen molar-refractivity contribution in [3.05, 3.63) is 114 Å². The summed E-state index contributed by atoms with van der Waals surface area (Å²) in [6.45, 7) is -0.0364. The van der Waals surface area contributed by atoms with Gasteiger partial charge in [0, 0.05) is 10.7 Å². The third-order valence-corrected chi connectivity index (χ3v) is 7.44. The number of halogens is 1. The van der Waals surface area contributed by atoms with Crippen molar-refractivity contribution in [3.63, 3.8) is 0 Å². The molecule has 0 aliphatic heterocycles. The molecule has 4 aromatic carbocycles. The standard InChI is InChI=1S/C28H25ClN2O5S/c1-35-25-14-16-27(17-15-25)37(33,34)31(24-9-5-8-22(29)18-24)19-28(32)30-23-10-12-26(13-11-23)36-20-21-6-3-2-4-7-21/h2-18H,19-20H2,1H3,(H,30,32). The van der Waals surface area contributed by atoms with Gasteiger partial charge in [0.2, 0.25) is 5.91 Å². The van der Waals surface area contributed by atoms with E-state index < -0.39 is 22.5 Å². The number of hydrogen-bond donors (Lipinski definition) is 1. The molecule has 0 unspecified atom stereocenters. The highest BCUT2D eigenvalue weighted by Gasteiger charge is 2.27. The summed E-state index contributed by atoms with van der Waals surface area (Å²) in [6, 6.07) is 28.9. The van der Waals surface area contributed by atoms with Crippen LogP contribution in [0, 0.1) is 0 Å². The van der Waals surface area contributed by atoms with E-state index >= 15 is 0 Å². The zero-order valence-electron chi connectivity index (χ0n) is 20.0. The van der Waals surface area contributed by atoms with Gasteiger partial charge >= 0.3 is 0 Å². The van der Waals surface area contributed by atoms with Crippen molar-refractivity contribution in [1.29, 1.82) is 0 Å². The second-order valence-electron chi connectivity index (χ2n) is 8.01. The fourth-order valence-electron chi connectivity index (χ4n) is 3.53. The zero-order chi connectivity index (χ0) is 26.3. The molecule has 9 heteroatoms. The Morgan fingerprint density at radius 2 is 1.54 bits per heavy atom. The predicted octanol–water partition coefficient (Wildman–Crippen LogP) is 5.76. The van der Waals surface area contributed by atoms with Crippen molar-refractivity contribution in [2.75, 3.05) is 23.3 Å². The van der Waals surface area contributed by atoms with E-state index in [-0.39, 0.29) is 10.6 Å². The fraction of sp³-hybridized carbons (Fsp3) is 0.107. The Bertz CT molecular complexity index is 1440. The molecule has 0 saturated heterocycles. The predicted molar refractivity (Wildman–Crippen MR) is 145 cm³/mol. The van der Waals surface area contributed by atoms with Crippen molar-refractivity contribution in [3.8, 4) is 11.5 Å². The number of anilines is 2. The van der Waals surface area contributed by atoms with E-state index in [9.17, 15) is 13.2 Å². The van der Waals surface area contributed by atoms with Gasteiger partial charge in [-0.1, -0.05) is 48.0 Å². The average molecular weight is 537 g/mol. The van der Waals surface area contributed by atoms with Gasteiger partial charge < -0.3 is 14.8 Å². The van der Waals surface area contributed by atoms with Crippen LogP contribution in [0.2, 0.25) is 5.02 Å². The second-order valence-corrected chi connectivity index (χ2v) is 10.3. The van der Waals surface area contributed by atoms with Crippen LogP contribution >= 0.6 is 11.6 Å². The molecule has 0 aliphatic carbocycles. The first-order chi connectivity index (χ1) is 17.8. The first-order valence-corrected chi connectivity index (χ1v) is 13.2. The lowest BCUT2D eigenvalue weighted by molar-refractivity contribution is -0.114. The Morgan fingerprint density at radius 1 is 0.865 bits per heavy atom. The van der Waals surface area contributed by atoms with Crippen LogP contribution in [-0.2, 0) is 21.4 Å². The lowest BCUT2D eigenvalue weighted by atomic mass is 10.2. The molecule has 1 N–H and O–H groups in total. The third-order valence-electron chi connectivity index (χ3n) is 5.42. The molecule has 0 aliphatic rings. The average Bonchev–Trinajstić information content (AvgIpc) is 2.92. The number of benzene rings is 4. The molecule has 0 spiro atoms. The van der Waals surface area contributed by atoms with Crippen molar-refractivity contribution in [2.24, 2.45) is 0 Å². The summed E-state index contributed by atoms with van der Waals surface area (Å²) in [5.41, 5.74) is 1.81. The van der Waals surface area contributed by atoms with Gasteiger partial charge in [-0.15, -0.1) is 0 Å². The Labute approximate surface area is 221 Å². The third kappa shape index (κ3) is 6.81. The maximum absolute atomic E-state index is 13.5. The number of sulfonamides is 1. The molecule has 190 valence electrons. The Hall–Kier alpha value is -4.01. The van der Waals surface area contributed by atoms with Crippen molar-refractivity contribution in [2.45, 2.75) is 11.5 Å². The topological polar surface area (TPSA) is 84.9 Å². The SMILES string of the molecule is COc1ccc(S(=O)(=O)N(CC(=O)Nc2ccc(OCc3ccccc3)cc2)c2cccc(Cl)c2)cc1. The summed E-state index contributed by atoms with van der Waals surface area (Å²) in [7, 11) is -2.59. The van der Waals surface area contributed by atoms with Crippen molar-refractivity contribution >= 4 is 38.9 Å². The Balaban J connectivity index is 1.49. The van der Waals surface area contributed by atoms with Crippen LogP contribution in [0.5, 0.6) is 11.5 Å². The normalized spacial score (nSPS) is 11.0. The smallest absolute Gasteiger partial charge is 0.264 e. The monoisotopic (exact) mass is 536 g/mol. The molecule has 4 aromatic rings. The largest absolute Gasteiger partial charge is 0.497 e. The highest BCUT2D eigenvalue weighted by Crippen LogP contribution is 2.27. The molecule has 0 heterocycles. The molecular weight excluding hydrogens is 512 g/mol. The minimum absolute atomic E-state index is 0.0148. The summed E-state index contributed by atoms with van der Waals surface area (Å²) in [6.07, 6.45) is 0. The van der Waals surface area contributed by atoms with E-state index in [1.165, 1.54) is 25.3 Å². The van der Waals surface area contributed by atoms with Crippen molar-refractivity contribution < 1.29 is 22.7 Å². The number of ether oxygens (including phenoxy) is 2. The van der Waals surface area contributed by atoms with Gasteiger partial charge in [0.25, 0.3) is 10.0 Å². The van der Waals surface area contributed by atoms with E-state index in [4.69, 9.17) is 21.1 Å². The van der Waals surface area contributed by atoms with E-state index in [1.807, 2.05) is 30.3 Å². The number of methoxy groups -OCH3 is 1. The lowest BCUT2D eigenvalue weighted by Gasteiger charge is -2.24. The molecule has 0 bridgehead atoms. The molecule has 0 aromatic heterocycles. The van der Waals surface area contributed by atoms with Gasteiger partial charge in [0.15, 0.2) is 0 Å². The van der Waals surface area contributed by atoms with Crippen LogP contribution < -0.4 is 19.1 Å². The van der Waals surface area contributed by atoms with Crippen LogP contribution in [-0.4, -0.2) is 28.0 Å². The second kappa shape index (κ2) is 11.8. The number of nitrogens with one attached hydrogen (secondary N) is 1. The minimum Gasteiger partial charge on any atom is -0.497 e. The number of amides is 1. The zero-order valence-corrected chi connectivity index (χ0v) is 21.6. The van der Waals surface area contributed by atoms with Gasteiger partial charge in [-0.25, -0.2) is 8.42 Å². The molecule has 1 amide bonds. The summed E-state index contributed by atoms with van der Waals surface area (Å²) < 4.78 is 38.9. The van der Waals surface area contributed by atoms with Crippen LogP contribution in [0.4, 0.5) is 11.4 Å². The lowest BCUT2D eigenvalue weighted by Crippen LogP contribution is -2.38. The summed E-state index contributed by atoms with van der Waals surface area (Å²) >= 11 is 6.12. The summed E-state index contributed by atoms with van der Waals surface area (Å²) in [5, 5.41) is 3.09. The molecule has 37 heavy (non-hydrogen) atoms. The summed E-state index contributed by atoms with van der Waals surface area (Å²) in [4.78, 5) is 13.0. The number of carbonyl (C=O) groups is 1. The minimum atomic E-state index is -4.09. The van der Waals surface area contributed by atoms with E-state index in [1.54, 1.807) is 54.6 Å². The molecule has 4 rings (SSSR count). The quantitative estimate of drug-likeness (QED) is 0.278. The molecule has 0 atom stereocenters. The van der Waals surface area contributed by atoms with Crippen LogP contribution in [0.15, 0.2) is 108 Å². The van der Waals surface area contributed by atoms with Crippen LogP contribution in [0.25, 0.3) is 0 Å². The Kier molecular flexibility index (Phi) is 8.32. The van der Waals surface area contributed by atoms with Gasteiger partial charge in [0.1, 0.15) is 24.7 Å². The van der Waals surface area contributed by atoms with Crippen LogP contribution in [0.1, 0.15) is 5.56 Å². The number of nitrogens with zero attached hydrogens (tertiary/aromatic N) is 1. The van der Waals surface area contributed by atoms with Gasteiger partial charge in [-0.3, -0.25) is 9.10 Å². The van der Waals surface area contributed by atoms with Crippen LogP contribution in [0.3, 0.4) is 0 Å².